The predicted octanol–water partition coefficient (Wildman–Crippen LogP) is 4.15. The summed E-state index contributed by atoms with van der Waals surface area (Å²) in [6.07, 6.45) is 2.59. The molecule has 0 fully saturated rings. The third-order valence-corrected chi connectivity index (χ3v) is 3.74. The molecule has 1 heterocycles. The van der Waals surface area contributed by atoms with Crippen LogP contribution in [0.15, 0.2) is 54.9 Å². The molecule has 0 saturated heterocycles. The fourth-order valence-corrected chi connectivity index (χ4v) is 2.37. The number of carbonyl (C=O) groups is 1. The first-order valence-corrected chi connectivity index (χ1v) is 7.85. The van der Waals surface area contributed by atoms with Crippen LogP contribution < -0.4 is 4.74 Å². The molecule has 1 aromatic heterocycles. The Kier molecular flexibility index (Phi) is 4.42. The molecule has 0 aliphatic heterocycles. The number of ether oxygens (including phenoxy) is 1. The average molecular weight is 308 g/mol. The summed E-state index contributed by atoms with van der Waals surface area (Å²) >= 11 is 0. The van der Waals surface area contributed by atoms with Crippen LogP contribution in [0.3, 0.4) is 0 Å². The molecular weight excluding hydrogens is 288 g/mol. The summed E-state index contributed by atoms with van der Waals surface area (Å²) in [6.45, 7) is 5.03. The maximum absolute atomic E-state index is 12.6. The second-order valence-electron chi connectivity index (χ2n) is 5.96. The van der Waals surface area contributed by atoms with Crippen molar-refractivity contribution in [3.05, 3.63) is 60.4 Å². The number of hydrogen-bond donors (Lipinski definition) is 0. The molecule has 0 saturated carbocycles. The van der Waals surface area contributed by atoms with E-state index in [9.17, 15) is 4.79 Å². The minimum Gasteiger partial charge on any atom is -0.494 e. The van der Waals surface area contributed by atoms with Crippen molar-refractivity contribution in [1.82, 2.24) is 9.55 Å². The third kappa shape index (κ3) is 3.42. The summed E-state index contributed by atoms with van der Waals surface area (Å²) in [5.41, 5.74) is 2.24. The molecule has 0 spiro atoms. The van der Waals surface area contributed by atoms with E-state index < -0.39 is 0 Å². The van der Waals surface area contributed by atoms with E-state index in [1.807, 2.05) is 36.4 Å². The highest BCUT2D eigenvalue weighted by atomic mass is 16.5. The first kappa shape index (κ1) is 15.3. The lowest BCUT2D eigenvalue weighted by Crippen LogP contribution is -2.10. The van der Waals surface area contributed by atoms with Gasteiger partial charge in [-0.2, -0.15) is 0 Å². The van der Waals surface area contributed by atoms with Gasteiger partial charge in [-0.25, -0.2) is 4.98 Å². The summed E-state index contributed by atoms with van der Waals surface area (Å²) in [7, 11) is 0. The number of hydrogen-bond acceptors (Lipinski definition) is 3. The average Bonchev–Trinajstić information content (AvgIpc) is 2.98. The van der Waals surface area contributed by atoms with E-state index in [1.165, 1.54) is 0 Å². The van der Waals surface area contributed by atoms with E-state index in [2.05, 4.69) is 18.8 Å². The maximum Gasteiger partial charge on any atom is 0.263 e. The van der Waals surface area contributed by atoms with Crippen molar-refractivity contribution < 1.29 is 9.53 Å². The van der Waals surface area contributed by atoms with Gasteiger partial charge in [-0.3, -0.25) is 9.36 Å². The van der Waals surface area contributed by atoms with Gasteiger partial charge in [0.25, 0.3) is 5.91 Å². The molecular formula is C19H20N2O2. The van der Waals surface area contributed by atoms with Crippen LogP contribution in [0.2, 0.25) is 0 Å². The van der Waals surface area contributed by atoms with Gasteiger partial charge >= 0.3 is 0 Å². The molecule has 4 nitrogen and oxygen atoms in total. The van der Waals surface area contributed by atoms with E-state index >= 15 is 0 Å². The topological polar surface area (TPSA) is 44.1 Å². The van der Waals surface area contributed by atoms with Crippen LogP contribution in [0.5, 0.6) is 5.75 Å². The number of carbonyl (C=O) groups excluding carboxylic acids is 1. The number of imidazole rings is 1. The zero-order valence-electron chi connectivity index (χ0n) is 13.4. The lowest BCUT2D eigenvalue weighted by Gasteiger charge is -2.09. The highest BCUT2D eigenvalue weighted by molar-refractivity contribution is 6.01. The minimum atomic E-state index is -0.0903. The van der Waals surface area contributed by atoms with Crippen molar-refractivity contribution in [1.29, 1.82) is 0 Å². The van der Waals surface area contributed by atoms with Crippen molar-refractivity contribution >= 4 is 16.9 Å². The molecule has 0 bridgehead atoms. The van der Waals surface area contributed by atoms with Gasteiger partial charge in [0.2, 0.25) is 0 Å². The van der Waals surface area contributed by atoms with Crippen LogP contribution in [0.1, 0.15) is 30.6 Å². The van der Waals surface area contributed by atoms with Crippen molar-refractivity contribution in [2.24, 2.45) is 5.92 Å². The largest absolute Gasteiger partial charge is 0.494 e. The SMILES string of the molecule is CC(C)CCOc1ccc(C(=O)n2cnc3ccccc32)cc1. The molecule has 0 N–H and O–H groups in total. The lowest BCUT2D eigenvalue weighted by molar-refractivity contribution is 0.0964. The maximum atomic E-state index is 12.6. The van der Waals surface area contributed by atoms with Gasteiger partial charge in [0.1, 0.15) is 12.1 Å². The molecule has 4 heteroatoms. The zero-order valence-corrected chi connectivity index (χ0v) is 13.4. The highest BCUT2D eigenvalue weighted by Crippen LogP contribution is 2.17. The van der Waals surface area contributed by atoms with Gasteiger partial charge in [0.15, 0.2) is 0 Å². The number of para-hydroxylation sites is 2. The van der Waals surface area contributed by atoms with Crippen LogP contribution in [0, 0.1) is 5.92 Å². The molecule has 0 aliphatic carbocycles. The molecule has 3 rings (SSSR count). The molecule has 0 unspecified atom stereocenters. The summed E-state index contributed by atoms with van der Waals surface area (Å²) in [5, 5.41) is 0. The van der Waals surface area contributed by atoms with Gasteiger partial charge in [-0.1, -0.05) is 26.0 Å². The fraction of sp³-hybridized carbons (Fsp3) is 0.263. The van der Waals surface area contributed by atoms with E-state index in [0.717, 1.165) is 23.2 Å². The zero-order chi connectivity index (χ0) is 16.2. The van der Waals surface area contributed by atoms with E-state index in [4.69, 9.17) is 4.74 Å². The van der Waals surface area contributed by atoms with Crippen molar-refractivity contribution in [3.63, 3.8) is 0 Å². The van der Waals surface area contributed by atoms with Gasteiger partial charge in [0, 0.05) is 5.56 Å². The normalized spacial score (nSPS) is 11.1. The lowest BCUT2D eigenvalue weighted by atomic mass is 10.1. The second-order valence-corrected chi connectivity index (χ2v) is 5.96. The predicted molar refractivity (Wildman–Crippen MR) is 90.9 cm³/mol. The summed E-state index contributed by atoms with van der Waals surface area (Å²) in [4.78, 5) is 16.9. The molecule has 0 aliphatic rings. The smallest absolute Gasteiger partial charge is 0.263 e. The van der Waals surface area contributed by atoms with Crippen LogP contribution in [0.4, 0.5) is 0 Å². The van der Waals surface area contributed by atoms with Crippen molar-refractivity contribution in [2.45, 2.75) is 20.3 Å². The Morgan fingerprint density at radius 1 is 1.13 bits per heavy atom. The van der Waals surface area contributed by atoms with Crippen molar-refractivity contribution in [3.8, 4) is 5.75 Å². The van der Waals surface area contributed by atoms with Crippen LogP contribution in [-0.2, 0) is 0 Å². The summed E-state index contributed by atoms with van der Waals surface area (Å²) < 4.78 is 7.26. The molecule has 0 atom stereocenters. The van der Waals surface area contributed by atoms with Crippen molar-refractivity contribution in [2.75, 3.05) is 6.61 Å². The number of nitrogens with zero attached hydrogens (tertiary/aromatic N) is 2. The Labute approximate surface area is 135 Å². The highest BCUT2D eigenvalue weighted by Gasteiger charge is 2.12. The number of rotatable bonds is 5. The van der Waals surface area contributed by atoms with Gasteiger partial charge in [-0.15, -0.1) is 0 Å². The van der Waals surface area contributed by atoms with E-state index in [-0.39, 0.29) is 5.91 Å². The van der Waals surface area contributed by atoms with Gasteiger partial charge in [0.05, 0.1) is 17.6 Å². The Morgan fingerprint density at radius 3 is 2.61 bits per heavy atom. The standard InChI is InChI=1S/C19H20N2O2/c1-14(2)11-12-23-16-9-7-15(8-10-16)19(22)21-13-20-17-5-3-4-6-18(17)21/h3-10,13-14H,11-12H2,1-2H3. The van der Waals surface area contributed by atoms with E-state index in [0.29, 0.717) is 18.1 Å². The monoisotopic (exact) mass is 308 g/mol. The Morgan fingerprint density at radius 2 is 1.87 bits per heavy atom. The number of benzene rings is 2. The van der Waals surface area contributed by atoms with Gasteiger partial charge in [-0.05, 0) is 48.7 Å². The first-order chi connectivity index (χ1) is 11.1. The molecule has 3 aromatic rings. The Hall–Kier alpha value is -2.62. The number of aromatic nitrogens is 2. The van der Waals surface area contributed by atoms with Crippen LogP contribution in [-0.4, -0.2) is 22.1 Å². The molecule has 118 valence electrons. The Balaban J connectivity index is 1.75. The van der Waals surface area contributed by atoms with Crippen LogP contribution >= 0.6 is 0 Å². The molecule has 0 amide bonds. The minimum absolute atomic E-state index is 0.0903. The summed E-state index contributed by atoms with van der Waals surface area (Å²) in [5.74, 6) is 1.32. The molecule has 2 aromatic carbocycles. The quantitative estimate of drug-likeness (QED) is 0.711. The fourth-order valence-electron chi connectivity index (χ4n) is 2.37. The summed E-state index contributed by atoms with van der Waals surface area (Å²) in [6, 6.07) is 14.9. The van der Waals surface area contributed by atoms with Gasteiger partial charge < -0.3 is 4.74 Å². The third-order valence-electron chi connectivity index (χ3n) is 3.74. The van der Waals surface area contributed by atoms with E-state index in [1.54, 1.807) is 23.0 Å². The number of fused-ring (bicyclic) bond motifs is 1. The Bertz CT molecular complexity index is 804. The second kappa shape index (κ2) is 6.65. The van der Waals surface area contributed by atoms with Crippen LogP contribution in [0.25, 0.3) is 11.0 Å². The first-order valence-electron chi connectivity index (χ1n) is 7.85. The molecule has 23 heavy (non-hydrogen) atoms. The molecule has 0 radical (unpaired) electrons.